The summed E-state index contributed by atoms with van der Waals surface area (Å²) in [5.41, 5.74) is 0. The summed E-state index contributed by atoms with van der Waals surface area (Å²) < 4.78 is 5.33. The summed E-state index contributed by atoms with van der Waals surface area (Å²) in [4.78, 5) is 11.3. The zero-order chi connectivity index (χ0) is 16.1. The minimum Gasteiger partial charge on any atom is -0.462 e. The van der Waals surface area contributed by atoms with Crippen LogP contribution < -0.4 is 0 Å². The molecule has 0 aromatic rings. The number of rotatable bonds is 3. The predicted octanol–water partition coefficient (Wildman–Crippen LogP) is 6.13. The predicted molar refractivity (Wildman–Crippen MR) is 91.4 cm³/mol. The molecule has 1 atom stereocenters. The van der Waals surface area contributed by atoms with Gasteiger partial charge in [-0.2, -0.15) is 0 Å². The van der Waals surface area contributed by atoms with Gasteiger partial charge in [-0.15, -0.1) is 0 Å². The van der Waals surface area contributed by atoms with Crippen molar-refractivity contribution in [1.82, 2.24) is 0 Å². The molecule has 2 heteroatoms. The molecule has 1 unspecified atom stereocenters. The zero-order valence-electron chi connectivity index (χ0n) is 15.1. The van der Waals surface area contributed by atoms with Crippen molar-refractivity contribution in [2.75, 3.05) is 0 Å². The quantitative estimate of drug-likeness (QED) is 0.586. The smallest absolute Gasteiger partial charge is 0.308 e. The van der Waals surface area contributed by atoms with E-state index in [4.69, 9.17) is 4.74 Å². The van der Waals surface area contributed by atoms with Crippen LogP contribution in [0.2, 0.25) is 0 Å². The van der Waals surface area contributed by atoms with E-state index in [0.717, 1.165) is 25.2 Å². The van der Waals surface area contributed by atoms with E-state index in [9.17, 15) is 4.79 Å². The molecule has 2 aliphatic carbocycles. The maximum absolute atomic E-state index is 11.3. The fourth-order valence-electron chi connectivity index (χ4n) is 2.76. The molecular formula is C19H38O2. The van der Waals surface area contributed by atoms with Gasteiger partial charge in [0.2, 0.25) is 0 Å². The third kappa shape index (κ3) is 9.92. The maximum atomic E-state index is 11.3. The van der Waals surface area contributed by atoms with Crippen molar-refractivity contribution < 1.29 is 9.53 Å². The van der Waals surface area contributed by atoms with Crippen molar-refractivity contribution in [2.24, 2.45) is 11.8 Å². The molecule has 2 rings (SSSR count). The topological polar surface area (TPSA) is 26.3 Å². The molecule has 2 nitrogen and oxygen atoms in total. The number of hydrogen-bond acceptors (Lipinski definition) is 2. The van der Waals surface area contributed by atoms with E-state index in [0.29, 0.717) is 0 Å². The number of carbonyl (C=O) groups is 1. The van der Waals surface area contributed by atoms with Crippen LogP contribution in [-0.4, -0.2) is 12.1 Å². The summed E-state index contributed by atoms with van der Waals surface area (Å²) >= 11 is 0. The molecule has 0 saturated heterocycles. The van der Waals surface area contributed by atoms with E-state index >= 15 is 0 Å². The van der Waals surface area contributed by atoms with Crippen molar-refractivity contribution in [2.45, 2.75) is 105 Å². The van der Waals surface area contributed by atoms with Crippen LogP contribution in [0.15, 0.2) is 0 Å². The van der Waals surface area contributed by atoms with Crippen molar-refractivity contribution >= 4 is 5.97 Å². The fourth-order valence-corrected chi connectivity index (χ4v) is 2.76. The summed E-state index contributed by atoms with van der Waals surface area (Å²) in [7, 11) is 0. The molecule has 0 bridgehead atoms. The lowest BCUT2D eigenvalue weighted by molar-refractivity contribution is -0.153. The summed E-state index contributed by atoms with van der Waals surface area (Å²) in [6.07, 6.45) is 13.1. The molecule has 0 aliphatic heterocycles. The molecule has 0 amide bonds. The highest BCUT2D eigenvalue weighted by Gasteiger charge is 2.21. The van der Waals surface area contributed by atoms with Gasteiger partial charge in [-0.25, -0.2) is 0 Å². The van der Waals surface area contributed by atoms with E-state index in [-0.39, 0.29) is 18.0 Å². The number of esters is 1. The molecule has 0 spiro atoms. The van der Waals surface area contributed by atoms with Gasteiger partial charge in [-0.1, -0.05) is 66.7 Å². The van der Waals surface area contributed by atoms with Gasteiger partial charge in [0.25, 0.3) is 0 Å². The van der Waals surface area contributed by atoms with Crippen LogP contribution in [0.4, 0.5) is 0 Å². The normalized spacial score (nSPS) is 20.6. The minimum atomic E-state index is -0.00981. The monoisotopic (exact) mass is 298 g/mol. The van der Waals surface area contributed by atoms with Gasteiger partial charge in [0.05, 0.1) is 5.92 Å². The Bertz CT molecular complexity index is 238. The van der Waals surface area contributed by atoms with Crippen molar-refractivity contribution in [1.29, 1.82) is 0 Å². The molecule has 2 saturated carbocycles. The fraction of sp³-hybridized carbons (Fsp3) is 0.947. The maximum Gasteiger partial charge on any atom is 0.308 e. The highest BCUT2D eigenvalue weighted by atomic mass is 16.5. The summed E-state index contributed by atoms with van der Waals surface area (Å²) in [6.45, 7) is 10.3. The SMILES string of the molecule is CC.CC1CCCCC1.CCC(C)C(=O)OC1CCCC1. The van der Waals surface area contributed by atoms with Crippen LogP contribution in [0.1, 0.15) is 98.8 Å². The van der Waals surface area contributed by atoms with Gasteiger partial charge in [0.1, 0.15) is 6.10 Å². The molecule has 0 aromatic carbocycles. The van der Waals surface area contributed by atoms with Gasteiger partial charge in [-0.05, 0) is 38.0 Å². The molecule has 126 valence electrons. The molecular weight excluding hydrogens is 260 g/mol. The Kier molecular flexibility index (Phi) is 12.8. The average Bonchev–Trinajstić information content (AvgIpc) is 3.03. The molecule has 21 heavy (non-hydrogen) atoms. The van der Waals surface area contributed by atoms with Gasteiger partial charge in [0, 0.05) is 0 Å². The first kappa shape index (κ1) is 20.5. The first-order valence-electron chi connectivity index (χ1n) is 9.34. The van der Waals surface area contributed by atoms with Gasteiger partial charge in [0.15, 0.2) is 0 Å². The second-order valence-electron chi connectivity index (χ2n) is 6.40. The summed E-state index contributed by atoms with van der Waals surface area (Å²) in [5, 5.41) is 0. The van der Waals surface area contributed by atoms with Crippen LogP contribution in [0.3, 0.4) is 0 Å². The Morgan fingerprint density at radius 1 is 1.00 bits per heavy atom. The van der Waals surface area contributed by atoms with Crippen molar-refractivity contribution in [3.8, 4) is 0 Å². The van der Waals surface area contributed by atoms with E-state index in [1.165, 1.54) is 44.9 Å². The van der Waals surface area contributed by atoms with E-state index < -0.39 is 0 Å². The van der Waals surface area contributed by atoms with Crippen LogP contribution in [-0.2, 0) is 9.53 Å². The minimum absolute atomic E-state index is 0.00981. The lowest BCUT2D eigenvalue weighted by atomic mass is 9.91. The average molecular weight is 299 g/mol. The lowest BCUT2D eigenvalue weighted by Crippen LogP contribution is -2.20. The standard InChI is InChI=1S/C10H18O2.C7H14.C2H6/c1-3-8(2)10(11)12-9-6-4-5-7-9;1-7-5-3-2-4-6-7;1-2/h8-9H,3-7H2,1-2H3;7H,2-6H2,1H3;1-2H3. The Labute approximate surface area is 133 Å². The van der Waals surface area contributed by atoms with Crippen LogP contribution in [0.5, 0.6) is 0 Å². The molecule has 0 radical (unpaired) electrons. The largest absolute Gasteiger partial charge is 0.462 e. The van der Waals surface area contributed by atoms with Gasteiger partial charge in [-0.3, -0.25) is 4.79 Å². The zero-order valence-corrected chi connectivity index (χ0v) is 15.1. The number of carbonyl (C=O) groups excluding carboxylic acids is 1. The Hall–Kier alpha value is -0.530. The molecule has 2 fully saturated rings. The first-order chi connectivity index (χ1) is 10.1. The third-order valence-corrected chi connectivity index (χ3v) is 4.49. The Balaban J connectivity index is 0.000000377. The van der Waals surface area contributed by atoms with E-state index in [1.54, 1.807) is 0 Å². The van der Waals surface area contributed by atoms with Crippen LogP contribution in [0, 0.1) is 11.8 Å². The Morgan fingerprint density at radius 3 is 1.86 bits per heavy atom. The van der Waals surface area contributed by atoms with Gasteiger partial charge >= 0.3 is 5.97 Å². The first-order valence-corrected chi connectivity index (χ1v) is 9.34. The number of ether oxygens (including phenoxy) is 1. The summed E-state index contributed by atoms with van der Waals surface area (Å²) in [6, 6.07) is 0. The highest BCUT2D eigenvalue weighted by Crippen LogP contribution is 2.22. The van der Waals surface area contributed by atoms with Crippen LogP contribution in [0.25, 0.3) is 0 Å². The Morgan fingerprint density at radius 2 is 1.48 bits per heavy atom. The van der Waals surface area contributed by atoms with E-state index in [1.807, 2.05) is 27.7 Å². The molecule has 0 aromatic heterocycles. The van der Waals surface area contributed by atoms with E-state index in [2.05, 4.69) is 6.92 Å². The molecule has 2 aliphatic rings. The second-order valence-corrected chi connectivity index (χ2v) is 6.40. The highest BCUT2D eigenvalue weighted by molar-refractivity contribution is 5.72. The second kappa shape index (κ2) is 13.2. The van der Waals surface area contributed by atoms with Gasteiger partial charge < -0.3 is 4.74 Å². The summed E-state index contributed by atoms with van der Waals surface area (Å²) in [5.74, 6) is 1.10. The third-order valence-electron chi connectivity index (χ3n) is 4.49. The van der Waals surface area contributed by atoms with Crippen molar-refractivity contribution in [3.63, 3.8) is 0 Å². The van der Waals surface area contributed by atoms with Crippen molar-refractivity contribution in [3.05, 3.63) is 0 Å². The number of hydrogen-bond donors (Lipinski definition) is 0. The lowest BCUT2D eigenvalue weighted by Gasteiger charge is -2.15. The molecule has 0 heterocycles. The van der Waals surface area contributed by atoms with Crippen LogP contribution >= 0.6 is 0 Å². The molecule has 0 N–H and O–H groups in total.